The molecule has 0 bridgehead atoms. The van der Waals surface area contributed by atoms with Crippen molar-refractivity contribution in [2.24, 2.45) is 0 Å². The number of rotatable bonds is 9. The molecule has 37 heavy (non-hydrogen) atoms. The number of para-hydroxylation sites is 1. The van der Waals surface area contributed by atoms with E-state index in [0.29, 0.717) is 22.6 Å². The molecule has 0 aromatic heterocycles. The van der Waals surface area contributed by atoms with Gasteiger partial charge in [0.05, 0.1) is 25.5 Å². The predicted octanol–water partition coefficient (Wildman–Crippen LogP) is 5.66. The molecule has 0 radical (unpaired) electrons. The Balaban J connectivity index is 1.41. The topological polar surface area (TPSA) is 90.9 Å². The van der Waals surface area contributed by atoms with Crippen molar-refractivity contribution in [1.29, 1.82) is 0 Å². The number of hydrogen-bond acceptors (Lipinski definition) is 6. The fourth-order valence-corrected chi connectivity index (χ4v) is 3.71. The second-order valence-corrected chi connectivity index (χ2v) is 8.01. The number of esters is 1. The largest absolute Gasteiger partial charge is 0.493 e. The molecule has 0 heterocycles. The zero-order valence-corrected chi connectivity index (χ0v) is 20.4. The summed E-state index contributed by atoms with van der Waals surface area (Å²) in [6.45, 7) is -0.429. The highest BCUT2D eigenvalue weighted by molar-refractivity contribution is 6.08. The van der Waals surface area contributed by atoms with Crippen molar-refractivity contribution in [2.45, 2.75) is 0 Å². The minimum atomic E-state index is -0.725. The quantitative estimate of drug-likeness (QED) is 0.238. The summed E-state index contributed by atoms with van der Waals surface area (Å²) in [5.41, 5.74) is 3.15. The van der Waals surface area contributed by atoms with Crippen molar-refractivity contribution >= 4 is 23.3 Å². The Kier molecular flexibility index (Phi) is 7.95. The Labute approximate surface area is 214 Å². The zero-order valence-electron chi connectivity index (χ0n) is 20.4. The van der Waals surface area contributed by atoms with Gasteiger partial charge in [0.1, 0.15) is 0 Å². The van der Waals surface area contributed by atoms with E-state index in [0.717, 1.165) is 11.1 Å². The molecule has 0 aliphatic heterocycles. The molecule has 0 unspecified atom stereocenters. The lowest BCUT2D eigenvalue weighted by Crippen LogP contribution is -2.18. The average Bonchev–Trinajstić information content (AvgIpc) is 2.96. The normalized spacial score (nSPS) is 10.3. The summed E-state index contributed by atoms with van der Waals surface area (Å²) >= 11 is 0. The standard InChI is InChI=1S/C30H25NO6/c1-35-27-17-16-23(18-28(27)36-2)29(33)31-25-11-7-6-10-24(25)30(34)37-19-26(32)22-14-12-21(13-15-22)20-8-4-3-5-9-20/h3-18H,19H2,1-2H3,(H,31,33). The molecule has 186 valence electrons. The summed E-state index contributed by atoms with van der Waals surface area (Å²) in [4.78, 5) is 38.2. The van der Waals surface area contributed by atoms with E-state index in [1.54, 1.807) is 42.5 Å². The summed E-state index contributed by atoms with van der Waals surface area (Å²) in [5, 5.41) is 2.72. The van der Waals surface area contributed by atoms with Crippen LogP contribution in [0.15, 0.2) is 97.1 Å². The van der Waals surface area contributed by atoms with Crippen molar-refractivity contribution in [2.75, 3.05) is 26.1 Å². The third-order valence-corrected chi connectivity index (χ3v) is 5.69. The molecular weight excluding hydrogens is 470 g/mol. The molecule has 1 N–H and O–H groups in total. The molecule has 4 rings (SSSR count). The van der Waals surface area contributed by atoms with Gasteiger partial charge in [-0.15, -0.1) is 0 Å². The van der Waals surface area contributed by atoms with Gasteiger partial charge in [-0.1, -0.05) is 66.7 Å². The highest BCUT2D eigenvalue weighted by atomic mass is 16.5. The maximum absolute atomic E-state index is 12.8. The van der Waals surface area contributed by atoms with Gasteiger partial charge in [0, 0.05) is 11.1 Å². The number of methoxy groups -OCH3 is 2. The minimum absolute atomic E-state index is 0.128. The smallest absolute Gasteiger partial charge is 0.340 e. The first-order chi connectivity index (χ1) is 18.0. The number of nitrogens with one attached hydrogen (secondary N) is 1. The maximum Gasteiger partial charge on any atom is 0.340 e. The van der Waals surface area contributed by atoms with Gasteiger partial charge in [-0.05, 0) is 41.5 Å². The molecule has 4 aromatic rings. The summed E-state index contributed by atoms with van der Waals surface area (Å²) in [7, 11) is 2.98. The molecule has 1 amide bonds. The van der Waals surface area contributed by atoms with Crippen LogP contribution in [0.2, 0.25) is 0 Å². The first-order valence-corrected chi connectivity index (χ1v) is 11.5. The third-order valence-electron chi connectivity index (χ3n) is 5.69. The van der Waals surface area contributed by atoms with Crippen molar-refractivity contribution in [3.8, 4) is 22.6 Å². The van der Waals surface area contributed by atoms with E-state index in [1.807, 2.05) is 42.5 Å². The van der Waals surface area contributed by atoms with E-state index in [9.17, 15) is 14.4 Å². The van der Waals surface area contributed by atoms with Gasteiger partial charge >= 0.3 is 5.97 Å². The SMILES string of the molecule is COc1ccc(C(=O)Nc2ccccc2C(=O)OCC(=O)c2ccc(-c3ccccc3)cc2)cc1OC. The number of amides is 1. The lowest BCUT2D eigenvalue weighted by atomic mass is 10.0. The van der Waals surface area contributed by atoms with Crippen LogP contribution in [0.25, 0.3) is 11.1 Å². The van der Waals surface area contributed by atoms with Gasteiger partial charge in [0.2, 0.25) is 0 Å². The van der Waals surface area contributed by atoms with Gasteiger partial charge in [0.25, 0.3) is 5.91 Å². The van der Waals surface area contributed by atoms with E-state index < -0.39 is 18.5 Å². The predicted molar refractivity (Wildman–Crippen MR) is 140 cm³/mol. The molecule has 7 heteroatoms. The van der Waals surface area contributed by atoms with Crippen molar-refractivity contribution in [1.82, 2.24) is 0 Å². The highest BCUT2D eigenvalue weighted by Crippen LogP contribution is 2.28. The van der Waals surface area contributed by atoms with Crippen LogP contribution in [-0.4, -0.2) is 38.5 Å². The van der Waals surface area contributed by atoms with Gasteiger partial charge in [-0.25, -0.2) is 4.79 Å². The molecule has 7 nitrogen and oxygen atoms in total. The van der Waals surface area contributed by atoms with Crippen LogP contribution in [0, 0.1) is 0 Å². The Morgan fingerprint density at radius 1 is 0.676 bits per heavy atom. The first kappa shape index (κ1) is 25.2. The number of carbonyl (C=O) groups excluding carboxylic acids is 3. The van der Waals surface area contributed by atoms with Crippen LogP contribution in [0.1, 0.15) is 31.1 Å². The molecule has 0 aliphatic rings. The van der Waals surface area contributed by atoms with Crippen LogP contribution in [-0.2, 0) is 4.74 Å². The molecular formula is C30H25NO6. The van der Waals surface area contributed by atoms with Crippen LogP contribution < -0.4 is 14.8 Å². The van der Waals surface area contributed by atoms with Crippen LogP contribution in [0.5, 0.6) is 11.5 Å². The fourth-order valence-electron chi connectivity index (χ4n) is 3.71. The Bertz CT molecular complexity index is 1410. The van der Waals surface area contributed by atoms with Gasteiger partial charge in [0.15, 0.2) is 23.9 Å². The Hall–Kier alpha value is -4.91. The lowest BCUT2D eigenvalue weighted by molar-refractivity contribution is 0.0475. The van der Waals surface area contributed by atoms with Crippen molar-refractivity contribution in [3.63, 3.8) is 0 Å². The van der Waals surface area contributed by atoms with E-state index in [2.05, 4.69) is 5.32 Å². The summed E-state index contributed by atoms with van der Waals surface area (Å²) in [6, 6.07) is 28.1. The molecule has 0 saturated carbocycles. The molecule has 0 fully saturated rings. The van der Waals surface area contributed by atoms with Crippen LogP contribution in [0.3, 0.4) is 0 Å². The zero-order chi connectivity index (χ0) is 26.2. The number of carbonyl (C=O) groups is 3. The number of ketones is 1. The summed E-state index contributed by atoms with van der Waals surface area (Å²) in [5.74, 6) is -0.617. The lowest BCUT2D eigenvalue weighted by Gasteiger charge is -2.12. The van der Waals surface area contributed by atoms with Crippen LogP contribution >= 0.6 is 0 Å². The number of hydrogen-bond donors (Lipinski definition) is 1. The number of benzene rings is 4. The average molecular weight is 496 g/mol. The van der Waals surface area contributed by atoms with Crippen LogP contribution in [0.4, 0.5) is 5.69 Å². The molecule has 0 atom stereocenters. The first-order valence-electron chi connectivity index (χ1n) is 11.5. The Morgan fingerprint density at radius 3 is 2.00 bits per heavy atom. The minimum Gasteiger partial charge on any atom is -0.493 e. The third kappa shape index (κ3) is 6.02. The van der Waals surface area contributed by atoms with Gasteiger partial charge < -0.3 is 19.5 Å². The maximum atomic E-state index is 12.8. The highest BCUT2D eigenvalue weighted by Gasteiger charge is 2.18. The second kappa shape index (κ2) is 11.7. The molecule has 0 aliphatic carbocycles. The summed E-state index contributed by atoms with van der Waals surface area (Å²) < 4.78 is 15.7. The van der Waals surface area contributed by atoms with E-state index in [4.69, 9.17) is 14.2 Å². The van der Waals surface area contributed by atoms with Crippen molar-refractivity contribution in [3.05, 3.63) is 114 Å². The van der Waals surface area contributed by atoms with Crippen molar-refractivity contribution < 1.29 is 28.6 Å². The van der Waals surface area contributed by atoms with Gasteiger partial charge in [-0.2, -0.15) is 0 Å². The van der Waals surface area contributed by atoms with E-state index in [1.165, 1.54) is 26.4 Å². The van der Waals surface area contributed by atoms with E-state index in [-0.39, 0.29) is 17.0 Å². The van der Waals surface area contributed by atoms with Gasteiger partial charge in [-0.3, -0.25) is 9.59 Å². The second-order valence-electron chi connectivity index (χ2n) is 8.01. The number of ether oxygens (including phenoxy) is 3. The number of Topliss-reactive ketones (excluding diaryl/α,β-unsaturated/α-hetero) is 1. The molecule has 0 saturated heterocycles. The molecule has 4 aromatic carbocycles. The molecule has 0 spiro atoms. The van der Waals surface area contributed by atoms with E-state index >= 15 is 0 Å². The summed E-state index contributed by atoms with van der Waals surface area (Å²) in [6.07, 6.45) is 0. The monoisotopic (exact) mass is 495 g/mol. The fraction of sp³-hybridized carbons (Fsp3) is 0.100. The number of anilines is 1. The Morgan fingerprint density at radius 2 is 1.30 bits per heavy atom.